The molecule has 0 fully saturated rings. The Hall–Kier alpha value is -2.22. The summed E-state index contributed by atoms with van der Waals surface area (Å²) in [5.41, 5.74) is 0.105. The quantitative estimate of drug-likeness (QED) is 0.836. The van der Waals surface area contributed by atoms with Crippen molar-refractivity contribution in [2.75, 3.05) is 7.11 Å². The molecule has 1 aromatic carbocycles. The summed E-state index contributed by atoms with van der Waals surface area (Å²) in [6.07, 6.45) is -0.621. The van der Waals surface area contributed by atoms with E-state index in [1.807, 2.05) is 6.07 Å². The first kappa shape index (κ1) is 11.9. The summed E-state index contributed by atoms with van der Waals surface area (Å²) in [7, 11) is 1.41. The number of carboxylic acids is 1. The van der Waals surface area contributed by atoms with Crippen LogP contribution in [0.5, 0.6) is 11.5 Å². The lowest BCUT2D eigenvalue weighted by atomic mass is 10.2. The Labute approximate surface area is 92.8 Å². The van der Waals surface area contributed by atoms with Gasteiger partial charge in [-0.1, -0.05) is 0 Å². The first-order chi connectivity index (χ1) is 7.58. The Morgan fingerprint density at radius 1 is 1.50 bits per heavy atom. The number of carbonyl (C=O) groups is 1. The molecule has 84 valence electrons. The summed E-state index contributed by atoms with van der Waals surface area (Å²) >= 11 is 0. The zero-order chi connectivity index (χ0) is 12.1. The molecule has 1 aromatic rings. The molecule has 5 nitrogen and oxygen atoms in total. The van der Waals surface area contributed by atoms with Crippen molar-refractivity contribution >= 4 is 5.97 Å². The Morgan fingerprint density at radius 2 is 2.19 bits per heavy atom. The molecule has 0 amide bonds. The van der Waals surface area contributed by atoms with Crippen LogP contribution in [0.4, 0.5) is 0 Å². The van der Waals surface area contributed by atoms with Gasteiger partial charge in [0.05, 0.1) is 12.7 Å². The molecule has 0 saturated carbocycles. The maximum Gasteiger partial charge on any atom is 0.335 e. The molecular formula is C11H11NO4. The Balaban J connectivity index is 3.03. The zero-order valence-electron chi connectivity index (χ0n) is 8.93. The molecule has 1 N–H and O–H groups in total. The summed E-state index contributed by atoms with van der Waals surface area (Å²) in [5, 5.41) is 17.4. The Kier molecular flexibility index (Phi) is 3.72. The van der Waals surface area contributed by atoms with Crippen LogP contribution in [0.1, 0.15) is 17.3 Å². The zero-order valence-corrected chi connectivity index (χ0v) is 8.93. The third-order valence-electron chi connectivity index (χ3n) is 1.90. The van der Waals surface area contributed by atoms with E-state index < -0.39 is 12.1 Å². The van der Waals surface area contributed by atoms with Gasteiger partial charge in [-0.3, -0.25) is 0 Å². The number of carboxylic acid groups (broad SMARTS) is 1. The van der Waals surface area contributed by atoms with Gasteiger partial charge in [-0.25, -0.2) is 4.79 Å². The van der Waals surface area contributed by atoms with Gasteiger partial charge in [-0.05, 0) is 25.1 Å². The standard InChI is InChI=1S/C11H11NO4/c1-7(6-12)16-9-4-3-8(11(13)14)5-10(9)15-2/h3-5,7H,1-2H3,(H,13,14). The molecule has 0 aliphatic rings. The Bertz CT molecular complexity index is 436. The summed E-state index contributed by atoms with van der Waals surface area (Å²) in [5.74, 6) is -0.401. The highest BCUT2D eigenvalue weighted by atomic mass is 16.5. The number of hydrogen-bond donors (Lipinski definition) is 1. The van der Waals surface area contributed by atoms with Crippen LogP contribution in [-0.4, -0.2) is 24.3 Å². The van der Waals surface area contributed by atoms with Gasteiger partial charge < -0.3 is 14.6 Å². The van der Waals surface area contributed by atoms with Gasteiger partial charge in [0.25, 0.3) is 0 Å². The van der Waals surface area contributed by atoms with Crippen molar-refractivity contribution in [1.82, 2.24) is 0 Å². The van der Waals surface area contributed by atoms with Gasteiger partial charge in [0.1, 0.15) is 6.07 Å². The van der Waals surface area contributed by atoms with Crippen molar-refractivity contribution in [3.05, 3.63) is 23.8 Å². The molecule has 16 heavy (non-hydrogen) atoms. The van der Waals surface area contributed by atoms with Crippen molar-refractivity contribution < 1.29 is 19.4 Å². The second kappa shape index (κ2) is 5.03. The maximum absolute atomic E-state index is 10.7. The number of rotatable bonds is 4. The van der Waals surface area contributed by atoms with E-state index in [4.69, 9.17) is 19.8 Å². The number of hydrogen-bond acceptors (Lipinski definition) is 4. The van der Waals surface area contributed by atoms with Gasteiger partial charge >= 0.3 is 5.97 Å². The topological polar surface area (TPSA) is 79.6 Å². The van der Waals surface area contributed by atoms with Crippen LogP contribution in [0.3, 0.4) is 0 Å². The monoisotopic (exact) mass is 221 g/mol. The third kappa shape index (κ3) is 2.64. The predicted molar refractivity (Wildman–Crippen MR) is 55.7 cm³/mol. The fraction of sp³-hybridized carbons (Fsp3) is 0.273. The second-order valence-corrected chi connectivity index (χ2v) is 3.06. The number of aromatic carboxylic acids is 1. The minimum absolute atomic E-state index is 0.105. The van der Waals surface area contributed by atoms with E-state index in [1.54, 1.807) is 6.92 Å². The van der Waals surface area contributed by atoms with E-state index in [0.717, 1.165) is 0 Å². The van der Waals surface area contributed by atoms with Gasteiger partial charge in [0.2, 0.25) is 0 Å². The molecule has 0 saturated heterocycles. The molecule has 0 aliphatic carbocycles. The first-order valence-corrected chi connectivity index (χ1v) is 4.56. The van der Waals surface area contributed by atoms with Crippen molar-refractivity contribution in [3.63, 3.8) is 0 Å². The van der Waals surface area contributed by atoms with Gasteiger partial charge in [-0.15, -0.1) is 0 Å². The van der Waals surface area contributed by atoms with Crippen LogP contribution < -0.4 is 9.47 Å². The second-order valence-electron chi connectivity index (χ2n) is 3.06. The van der Waals surface area contributed by atoms with Crippen molar-refractivity contribution in [1.29, 1.82) is 5.26 Å². The van der Waals surface area contributed by atoms with E-state index in [0.29, 0.717) is 11.5 Å². The van der Waals surface area contributed by atoms with Gasteiger partial charge in [-0.2, -0.15) is 5.26 Å². The summed E-state index contributed by atoms with van der Waals surface area (Å²) in [4.78, 5) is 10.7. The van der Waals surface area contributed by atoms with Crippen molar-refractivity contribution in [3.8, 4) is 17.6 Å². The van der Waals surface area contributed by atoms with Crippen LogP contribution >= 0.6 is 0 Å². The Morgan fingerprint density at radius 3 is 2.69 bits per heavy atom. The average molecular weight is 221 g/mol. The number of nitrogens with zero attached hydrogens (tertiary/aromatic N) is 1. The molecule has 0 aliphatic heterocycles. The largest absolute Gasteiger partial charge is 0.493 e. The highest BCUT2D eigenvalue weighted by molar-refractivity contribution is 5.88. The smallest absolute Gasteiger partial charge is 0.335 e. The fourth-order valence-electron chi connectivity index (χ4n) is 1.11. The molecule has 1 atom stereocenters. The minimum Gasteiger partial charge on any atom is -0.493 e. The average Bonchev–Trinajstić information content (AvgIpc) is 2.29. The van der Waals surface area contributed by atoms with Crippen molar-refractivity contribution in [2.24, 2.45) is 0 Å². The lowest BCUT2D eigenvalue weighted by Crippen LogP contribution is -2.09. The van der Waals surface area contributed by atoms with Crippen LogP contribution in [0.2, 0.25) is 0 Å². The summed E-state index contributed by atoms with van der Waals surface area (Å²) in [6.45, 7) is 1.59. The van der Waals surface area contributed by atoms with Crippen LogP contribution in [0.25, 0.3) is 0 Å². The molecule has 0 spiro atoms. The molecule has 0 bridgehead atoms. The number of nitriles is 1. The molecule has 0 heterocycles. The lowest BCUT2D eigenvalue weighted by Gasteiger charge is -2.12. The maximum atomic E-state index is 10.7. The molecular weight excluding hydrogens is 210 g/mol. The van der Waals surface area contributed by atoms with Gasteiger partial charge in [0, 0.05) is 0 Å². The number of benzene rings is 1. The molecule has 1 rings (SSSR count). The number of ether oxygens (including phenoxy) is 2. The minimum atomic E-state index is -1.04. The van der Waals surface area contributed by atoms with Crippen LogP contribution in [0.15, 0.2) is 18.2 Å². The molecule has 1 unspecified atom stereocenters. The normalized spacial score (nSPS) is 11.3. The lowest BCUT2D eigenvalue weighted by molar-refractivity contribution is 0.0696. The van der Waals surface area contributed by atoms with E-state index in [2.05, 4.69) is 0 Å². The number of methoxy groups -OCH3 is 1. The SMILES string of the molecule is COc1cc(C(=O)O)ccc1OC(C)C#N. The first-order valence-electron chi connectivity index (χ1n) is 4.56. The van der Waals surface area contributed by atoms with E-state index in [1.165, 1.54) is 25.3 Å². The summed E-state index contributed by atoms with van der Waals surface area (Å²) in [6, 6.07) is 6.12. The highest BCUT2D eigenvalue weighted by Gasteiger charge is 2.11. The molecule has 5 heteroatoms. The predicted octanol–water partition coefficient (Wildman–Crippen LogP) is 1.68. The van der Waals surface area contributed by atoms with E-state index >= 15 is 0 Å². The van der Waals surface area contributed by atoms with Crippen LogP contribution in [0, 0.1) is 11.3 Å². The van der Waals surface area contributed by atoms with Crippen molar-refractivity contribution in [2.45, 2.75) is 13.0 Å². The molecule has 0 radical (unpaired) electrons. The molecule has 0 aromatic heterocycles. The fourth-order valence-corrected chi connectivity index (χ4v) is 1.11. The third-order valence-corrected chi connectivity index (χ3v) is 1.90. The van der Waals surface area contributed by atoms with Crippen LogP contribution in [-0.2, 0) is 0 Å². The van der Waals surface area contributed by atoms with E-state index in [-0.39, 0.29) is 5.56 Å². The highest BCUT2D eigenvalue weighted by Crippen LogP contribution is 2.28. The summed E-state index contributed by atoms with van der Waals surface area (Å²) < 4.78 is 10.2. The van der Waals surface area contributed by atoms with E-state index in [9.17, 15) is 4.79 Å². The van der Waals surface area contributed by atoms with Gasteiger partial charge in [0.15, 0.2) is 17.6 Å².